The van der Waals surface area contributed by atoms with Gasteiger partial charge in [0.05, 0.1) is 37.7 Å². The number of thiocarbonyl (C=S) groups is 1. The van der Waals surface area contributed by atoms with E-state index in [2.05, 4.69) is 44.7 Å². The Morgan fingerprint density at radius 1 is 0.914 bits per heavy atom. The Kier molecular flexibility index (Phi) is 6.13. The lowest BCUT2D eigenvalue weighted by Crippen LogP contribution is -2.30. The van der Waals surface area contributed by atoms with Crippen LogP contribution < -0.4 is 19.7 Å². The van der Waals surface area contributed by atoms with Crippen LogP contribution in [0.2, 0.25) is 0 Å². The van der Waals surface area contributed by atoms with Crippen LogP contribution in [0.3, 0.4) is 0 Å². The molecule has 4 aromatic rings. The number of benzene rings is 1. The average Bonchev–Trinajstić information content (AvgIpc) is 3.39. The van der Waals surface area contributed by atoms with E-state index in [0.717, 1.165) is 39.9 Å². The predicted octanol–water partition coefficient (Wildman–Crippen LogP) is 5.08. The summed E-state index contributed by atoms with van der Waals surface area (Å²) in [6, 6.07) is 19.5. The topological polar surface area (TPSA) is 64.4 Å². The fraction of sp³-hybridized carbons (Fsp3) is 0.222. The minimum absolute atomic E-state index is 0.159. The Labute approximate surface area is 210 Å². The van der Waals surface area contributed by atoms with E-state index in [1.807, 2.05) is 67.0 Å². The minimum Gasteiger partial charge on any atom is -0.497 e. The summed E-state index contributed by atoms with van der Waals surface area (Å²) in [7, 11) is 3.30. The number of ether oxygens (including phenoxy) is 2. The van der Waals surface area contributed by atoms with Crippen LogP contribution in [0.15, 0.2) is 73.1 Å². The molecule has 35 heavy (non-hydrogen) atoms. The lowest BCUT2D eigenvalue weighted by atomic mass is 9.96. The van der Waals surface area contributed by atoms with Crippen molar-refractivity contribution in [2.24, 2.45) is 0 Å². The molecular weight excluding hydrogens is 458 g/mol. The van der Waals surface area contributed by atoms with Crippen molar-refractivity contribution in [3.63, 3.8) is 0 Å². The van der Waals surface area contributed by atoms with Gasteiger partial charge in [-0.05, 0) is 74.1 Å². The van der Waals surface area contributed by atoms with Gasteiger partial charge in [0.25, 0.3) is 0 Å². The molecule has 1 aliphatic heterocycles. The van der Waals surface area contributed by atoms with Crippen LogP contribution in [-0.2, 0) is 0 Å². The summed E-state index contributed by atoms with van der Waals surface area (Å²) < 4.78 is 13.4. The molecule has 1 aromatic carbocycles. The fourth-order valence-corrected chi connectivity index (χ4v) is 5.18. The van der Waals surface area contributed by atoms with Gasteiger partial charge in [-0.1, -0.05) is 12.1 Å². The zero-order valence-electron chi connectivity index (χ0n) is 20.1. The number of aromatic nitrogens is 3. The molecule has 3 aromatic heterocycles. The molecule has 1 saturated heterocycles. The van der Waals surface area contributed by atoms with Crippen molar-refractivity contribution in [1.82, 2.24) is 19.9 Å². The Hall–Kier alpha value is -3.91. The highest BCUT2D eigenvalue weighted by Gasteiger charge is 2.43. The molecule has 0 saturated carbocycles. The molecule has 0 amide bonds. The lowest BCUT2D eigenvalue weighted by molar-refractivity contribution is 0.394. The number of hydrogen-bond donors (Lipinski definition) is 1. The Bertz CT molecular complexity index is 1360. The van der Waals surface area contributed by atoms with E-state index in [1.54, 1.807) is 14.2 Å². The van der Waals surface area contributed by atoms with Crippen molar-refractivity contribution in [3.05, 3.63) is 95.7 Å². The molecule has 0 radical (unpaired) electrons. The number of rotatable bonds is 6. The molecule has 0 aliphatic carbocycles. The number of methoxy groups -OCH3 is 2. The molecule has 0 spiro atoms. The van der Waals surface area contributed by atoms with Gasteiger partial charge in [0.1, 0.15) is 17.3 Å². The summed E-state index contributed by atoms with van der Waals surface area (Å²) >= 11 is 5.90. The van der Waals surface area contributed by atoms with Gasteiger partial charge in [0.2, 0.25) is 0 Å². The van der Waals surface area contributed by atoms with E-state index >= 15 is 0 Å². The molecule has 1 fully saturated rings. The van der Waals surface area contributed by atoms with E-state index in [9.17, 15) is 0 Å². The zero-order valence-corrected chi connectivity index (χ0v) is 20.9. The van der Waals surface area contributed by atoms with Crippen molar-refractivity contribution >= 4 is 23.0 Å². The van der Waals surface area contributed by atoms with E-state index in [-0.39, 0.29) is 12.1 Å². The summed E-state index contributed by atoms with van der Waals surface area (Å²) in [5, 5.41) is 4.13. The number of nitrogens with one attached hydrogen (secondary N) is 1. The van der Waals surface area contributed by atoms with Gasteiger partial charge in [0.15, 0.2) is 5.11 Å². The number of anilines is 1. The second-order valence-electron chi connectivity index (χ2n) is 8.38. The van der Waals surface area contributed by atoms with E-state index < -0.39 is 0 Å². The van der Waals surface area contributed by atoms with Crippen molar-refractivity contribution < 1.29 is 9.47 Å². The zero-order chi connectivity index (χ0) is 24.5. The number of pyridine rings is 2. The summed E-state index contributed by atoms with van der Waals surface area (Å²) in [6.45, 7) is 4.22. The SMILES string of the molecule is COc1ccc(N2C(=S)N[C@@H](c3ccccn3)[C@@H]2c2cc(C)n(-c3ccccn3)c2C)c(OC)c1. The number of nitrogens with zero attached hydrogens (tertiary/aromatic N) is 4. The van der Waals surface area contributed by atoms with Gasteiger partial charge in [-0.15, -0.1) is 0 Å². The molecule has 1 N–H and O–H groups in total. The number of hydrogen-bond acceptors (Lipinski definition) is 5. The van der Waals surface area contributed by atoms with E-state index in [4.69, 9.17) is 21.7 Å². The maximum atomic E-state index is 5.90. The molecule has 7 nitrogen and oxygen atoms in total. The molecule has 0 bridgehead atoms. The maximum absolute atomic E-state index is 5.90. The highest BCUT2D eigenvalue weighted by molar-refractivity contribution is 7.80. The fourth-order valence-electron chi connectivity index (χ4n) is 4.84. The summed E-state index contributed by atoms with van der Waals surface area (Å²) in [5.41, 5.74) is 5.09. The Morgan fingerprint density at radius 3 is 2.34 bits per heavy atom. The molecule has 178 valence electrons. The van der Waals surface area contributed by atoms with Gasteiger partial charge >= 0.3 is 0 Å². The molecule has 8 heteroatoms. The smallest absolute Gasteiger partial charge is 0.174 e. The third-order valence-electron chi connectivity index (χ3n) is 6.41. The monoisotopic (exact) mass is 485 g/mol. The van der Waals surface area contributed by atoms with Crippen LogP contribution in [0.5, 0.6) is 11.5 Å². The quantitative estimate of drug-likeness (QED) is 0.382. The van der Waals surface area contributed by atoms with Crippen LogP contribution in [-0.4, -0.2) is 33.9 Å². The molecule has 4 heterocycles. The largest absolute Gasteiger partial charge is 0.497 e. The van der Waals surface area contributed by atoms with Gasteiger partial charge in [0, 0.05) is 29.8 Å². The molecule has 5 rings (SSSR count). The third-order valence-corrected chi connectivity index (χ3v) is 6.73. The standard InChI is InChI=1S/C27H27N5O2S/c1-17-15-20(18(2)31(17)24-10-6-8-14-29-24)26-25(21-9-5-7-13-28-21)30-27(35)32(26)22-12-11-19(33-3)16-23(22)34-4/h5-16,25-26H,1-4H3,(H,30,35)/t25-,26-/m0/s1. The average molecular weight is 486 g/mol. The van der Waals surface area contributed by atoms with Gasteiger partial charge < -0.3 is 24.3 Å². The van der Waals surface area contributed by atoms with Gasteiger partial charge in [-0.3, -0.25) is 4.98 Å². The normalized spacial score (nSPS) is 17.4. The molecule has 2 atom stereocenters. The Morgan fingerprint density at radius 2 is 1.69 bits per heavy atom. The first-order chi connectivity index (χ1) is 17.0. The second kappa shape index (κ2) is 9.38. The minimum atomic E-state index is -0.164. The van der Waals surface area contributed by atoms with Crippen LogP contribution in [0.4, 0.5) is 5.69 Å². The summed E-state index contributed by atoms with van der Waals surface area (Å²) in [4.78, 5) is 11.4. The highest BCUT2D eigenvalue weighted by atomic mass is 32.1. The third kappa shape index (κ3) is 4.00. The number of aryl methyl sites for hydroxylation is 1. The second-order valence-corrected chi connectivity index (χ2v) is 8.77. The molecule has 0 unspecified atom stereocenters. The van der Waals surface area contributed by atoms with E-state index in [0.29, 0.717) is 10.9 Å². The first-order valence-corrected chi connectivity index (χ1v) is 11.8. The molecule has 1 aliphatic rings. The van der Waals surface area contributed by atoms with Gasteiger partial charge in [-0.25, -0.2) is 4.98 Å². The van der Waals surface area contributed by atoms with Gasteiger partial charge in [-0.2, -0.15) is 0 Å². The first kappa shape index (κ1) is 22.9. The van der Waals surface area contributed by atoms with Crippen LogP contribution in [0.25, 0.3) is 5.82 Å². The van der Waals surface area contributed by atoms with Crippen LogP contribution >= 0.6 is 12.2 Å². The van der Waals surface area contributed by atoms with Crippen molar-refractivity contribution in [2.75, 3.05) is 19.1 Å². The van der Waals surface area contributed by atoms with Crippen LogP contribution in [0, 0.1) is 13.8 Å². The maximum Gasteiger partial charge on any atom is 0.174 e. The Balaban J connectivity index is 1.70. The van der Waals surface area contributed by atoms with Crippen molar-refractivity contribution in [1.29, 1.82) is 0 Å². The van der Waals surface area contributed by atoms with Crippen molar-refractivity contribution in [2.45, 2.75) is 25.9 Å². The van der Waals surface area contributed by atoms with Crippen LogP contribution in [0.1, 0.15) is 34.7 Å². The van der Waals surface area contributed by atoms with Crippen molar-refractivity contribution in [3.8, 4) is 17.3 Å². The summed E-state index contributed by atoms with van der Waals surface area (Å²) in [5.74, 6) is 2.28. The first-order valence-electron chi connectivity index (χ1n) is 11.4. The predicted molar refractivity (Wildman–Crippen MR) is 141 cm³/mol. The molecular formula is C27H27N5O2S. The van der Waals surface area contributed by atoms with E-state index in [1.165, 1.54) is 0 Å². The lowest BCUT2D eigenvalue weighted by Gasteiger charge is -2.29. The highest BCUT2D eigenvalue weighted by Crippen LogP contribution is 2.46. The summed E-state index contributed by atoms with van der Waals surface area (Å²) in [6.07, 6.45) is 3.62.